The smallest absolute Gasteiger partial charge is 0.357 e. The molecule has 0 saturated heterocycles. The van der Waals surface area contributed by atoms with E-state index in [-0.39, 0.29) is 5.97 Å². The fraction of sp³-hybridized carbons (Fsp3) is 0.714. The van der Waals surface area contributed by atoms with Crippen LogP contribution in [0.5, 0.6) is 0 Å². The zero-order valence-electron chi connectivity index (χ0n) is 12.6. The number of nitrogens with zero attached hydrogens (tertiary/aromatic N) is 2. The third-order valence-corrected chi connectivity index (χ3v) is 3.96. The lowest BCUT2D eigenvalue weighted by Crippen LogP contribution is -2.32. The summed E-state index contributed by atoms with van der Waals surface area (Å²) in [6, 6.07) is 0. The molecule has 1 aromatic rings. The van der Waals surface area contributed by atoms with Gasteiger partial charge in [0.2, 0.25) is 0 Å². The molecule has 0 aliphatic carbocycles. The van der Waals surface area contributed by atoms with Gasteiger partial charge in [-0.15, -0.1) is 11.3 Å². The van der Waals surface area contributed by atoms with Crippen LogP contribution in [0, 0.1) is 0 Å². The van der Waals surface area contributed by atoms with Gasteiger partial charge in [-0.25, -0.2) is 9.78 Å². The average molecular weight is 299 g/mol. The van der Waals surface area contributed by atoms with Crippen molar-refractivity contribution in [1.29, 1.82) is 0 Å². The molecule has 1 heterocycles. The Morgan fingerprint density at radius 3 is 2.75 bits per heavy atom. The summed E-state index contributed by atoms with van der Waals surface area (Å²) in [6.07, 6.45) is 0.850. The Balaban J connectivity index is 2.21. The first kappa shape index (κ1) is 17.1. The fourth-order valence-electron chi connectivity index (χ4n) is 1.82. The predicted octanol–water partition coefficient (Wildman–Crippen LogP) is 1.79. The maximum absolute atomic E-state index is 11.5. The number of aromatic nitrogens is 1. The summed E-state index contributed by atoms with van der Waals surface area (Å²) >= 11 is 1.51. The summed E-state index contributed by atoms with van der Waals surface area (Å²) in [6.45, 7) is 11.7. The second-order valence-electron chi connectivity index (χ2n) is 4.37. The Hall–Kier alpha value is -0.980. The van der Waals surface area contributed by atoms with Crippen molar-refractivity contribution in [1.82, 2.24) is 15.2 Å². The number of thiazole rings is 1. The molecule has 5 nitrogen and oxygen atoms in total. The summed E-state index contributed by atoms with van der Waals surface area (Å²) in [5.41, 5.74) is 0.426. The summed E-state index contributed by atoms with van der Waals surface area (Å²) in [5, 5.41) is 6.15. The number of ether oxygens (including phenoxy) is 1. The molecule has 0 aliphatic heterocycles. The van der Waals surface area contributed by atoms with Crippen molar-refractivity contribution >= 4 is 17.3 Å². The van der Waals surface area contributed by atoms with Crippen molar-refractivity contribution in [3.8, 4) is 0 Å². The van der Waals surface area contributed by atoms with Crippen LogP contribution in [0.2, 0.25) is 0 Å². The van der Waals surface area contributed by atoms with Crippen LogP contribution in [0.1, 0.15) is 36.3 Å². The summed E-state index contributed by atoms with van der Waals surface area (Å²) in [4.78, 5) is 18.1. The summed E-state index contributed by atoms with van der Waals surface area (Å²) in [5.74, 6) is -0.329. The molecule has 6 heteroatoms. The minimum Gasteiger partial charge on any atom is -0.461 e. The number of esters is 1. The molecule has 0 spiro atoms. The molecule has 20 heavy (non-hydrogen) atoms. The topological polar surface area (TPSA) is 54.5 Å². The van der Waals surface area contributed by atoms with E-state index in [0.29, 0.717) is 12.3 Å². The molecule has 0 aromatic carbocycles. The number of rotatable bonds is 10. The number of hydrogen-bond donors (Lipinski definition) is 1. The zero-order chi connectivity index (χ0) is 14.8. The Kier molecular flexibility index (Phi) is 8.41. The van der Waals surface area contributed by atoms with Crippen LogP contribution >= 0.6 is 11.3 Å². The highest BCUT2D eigenvalue weighted by Crippen LogP contribution is 2.11. The molecule has 0 radical (unpaired) electrons. The van der Waals surface area contributed by atoms with Crippen LogP contribution in [0.3, 0.4) is 0 Å². The van der Waals surface area contributed by atoms with Gasteiger partial charge in [-0.3, -0.25) is 0 Å². The monoisotopic (exact) mass is 299 g/mol. The van der Waals surface area contributed by atoms with Crippen molar-refractivity contribution in [3.05, 3.63) is 16.1 Å². The average Bonchev–Trinajstić information content (AvgIpc) is 2.92. The predicted molar refractivity (Wildman–Crippen MR) is 82.4 cm³/mol. The Labute approximate surface area is 125 Å². The van der Waals surface area contributed by atoms with E-state index in [1.807, 2.05) is 0 Å². The van der Waals surface area contributed by atoms with Crippen molar-refractivity contribution in [2.45, 2.75) is 27.2 Å². The lowest BCUT2D eigenvalue weighted by atomic mass is 10.4. The van der Waals surface area contributed by atoms with Gasteiger partial charge in [-0.2, -0.15) is 0 Å². The maximum Gasteiger partial charge on any atom is 0.357 e. The molecule has 0 aliphatic rings. The normalized spacial score (nSPS) is 11.0. The van der Waals surface area contributed by atoms with Gasteiger partial charge in [-0.1, -0.05) is 13.8 Å². The number of hydrogen-bond acceptors (Lipinski definition) is 6. The molecule has 1 aromatic heterocycles. The third kappa shape index (κ3) is 5.98. The second-order valence-corrected chi connectivity index (χ2v) is 5.32. The van der Waals surface area contributed by atoms with Gasteiger partial charge in [0.05, 0.1) is 11.6 Å². The summed E-state index contributed by atoms with van der Waals surface area (Å²) in [7, 11) is 0. The maximum atomic E-state index is 11.5. The summed E-state index contributed by atoms with van der Waals surface area (Å²) < 4.78 is 4.92. The van der Waals surface area contributed by atoms with Gasteiger partial charge in [-0.05, 0) is 20.0 Å². The van der Waals surface area contributed by atoms with Crippen molar-refractivity contribution < 1.29 is 9.53 Å². The first-order valence-corrected chi connectivity index (χ1v) is 8.13. The standard InChI is InChI=1S/C14H25N3O2S/c1-4-17(5-2)10-9-15-8-7-13-16-12(11-20-13)14(18)19-6-3/h11,15H,4-10H2,1-3H3. The molecular formula is C14H25N3O2S. The van der Waals surface area contributed by atoms with Crippen LogP contribution in [-0.4, -0.2) is 55.2 Å². The Morgan fingerprint density at radius 2 is 2.10 bits per heavy atom. The van der Waals surface area contributed by atoms with Crippen molar-refractivity contribution in [3.63, 3.8) is 0 Å². The molecule has 1 rings (SSSR count). The first-order valence-electron chi connectivity index (χ1n) is 7.25. The molecular weight excluding hydrogens is 274 g/mol. The van der Waals surface area contributed by atoms with Gasteiger partial charge in [0.1, 0.15) is 0 Å². The van der Waals surface area contributed by atoms with E-state index >= 15 is 0 Å². The van der Waals surface area contributed by atoms with E-state index in [1.165, 1.54) is 11.3 Å². The van der Waals surface area contributed by atoms with Crippen molar-refractivity contribution in [2.24, 2.45) is 0 Å². The van der Waals surface area contributed by atoms with E-state index in [9.17, 15) is 4.79 Å². The number of likely N-dealkylation sites (N-methyl/N-ethyl adjacent to an activating group) is 1. The lowest BCUT2D eigenvalue weighted by Gasteiger charge is -2.17. The van der Waals surface area contributed by atoms with Gasteiger partial charge in [0, 0.05) is 31.4 Å². The minimum atomic E-state index is -0.329. The molecule has 0 unspecified atom stereocenters. The Morgan fingerprint density at radius 1 is 1.35 bits per heavy atom. The molecule has 0 bridgehead atoms. The minimum absolute atomic E-state index is 0.329. The largest absolute Gasteiger partial charge is 0.461 e. The van der Waals surface area contributed by atoms with Gasteiger partial charge in [0.25, 0.3) is 0 Å². The van der Waals surface area contributed by atoms with Crippen LogP contribution in [-0.2, 0) is 11.2 Å². The zero-order valence-corrected chi connectivity index (χ0v) is 13.5. The van der Waals surface area contributed by atoms with Crippen LogP contribution in [0.25, 0.3) is 0 Å². The molecule has 1 N–H and O–H groups in total. The number of carbonyl (C=O) groups is 1. The molecule has 0 amide bonds. The second kappa shape index (κ2) is 9.85. The van der Waals surface area contributed by atoms with Crippen LogP contribution in [0.15, 0.2) is 5.38 Å². The quantitative estimate of drug-likeness (QED) is 0.527. The van der Waals surface area contributed by atoms with E-state index in [4.69, 9.17) is 4.74 Å². The van der Waals surface area contributed by atoms with Gasteiger partial charge >= 0.3 is 5.97 Å². The van der Waals surface area contributed by atoms with Gasteiger partial charge < -0.3 is 15.0 Å². The van der Waals surface area contributed by atoms with E-state index in [0.717, 1.165) is 44.2 Å². The van der Waals surface area contributed by atoms with Crippen LogP contribution in [0.4, 0.5) is 0 Å². The van der Waals surface area contributed by atoms with E-state index in [2.05, 4.69) is 29.0 Å². The number of carbonyl (C=O) groups excluding carboxylic acids is 1. The van der Waals surface area contributed by atoms with Gasteiger partial charge in [0.15, 0.2) is 5.69 Å². The first-order chi connectivity index (χ1) is 9.71. The van der Waals surface area contributed by atoms with Crippen LogP contribution < -0.4 is 5.32 Å². The third-order valence-electron chi connectivity index (χ3n) is 3.05. The molecule has 0 saturated carbocycles. The molecule has 0 atom stereocenters. The molecule has 0 fully saturated rings. The van der Waals surface area contributed by atoms with E-state index < -0.39 is 0 Å². The number of nitrogens with one attached hydrogen (secondary N) is 1. The fourth-order valence-corrected chi connectivity index (χ4v) is 2.59. The van der Waals surface area contributed by atoms with Crippen molar-refractivity contribution in [2.75, 3.05) is 39.3 Å². The highest BCUT2D eigenvalue weighted by Gasteiger charge is 2.11. The molecule has 114 valence electrons. The van der Waals surface area contributed by atoms with E-state index in [1.54, 1.807) is 12.3 Å². The Bertz CT molecular complexity index is 392. The SMILES string of the molecule is CCOC(=O)c1csc(CCNCCN(CC)CC)n1. The highest BCUT2D eigenvalue weighted by atomic mass is 32.1. The highest BCUT2D eigenvalue weighted by molar-refractivity contribution is 7.09. The lowest BCUT2D eigenvalue weighted by molar-refractivity contribution is 0.0520.